The lowest BCUT2D eigenvalue weighted by molar-refractivity contribution is -0.138. The number of methoxy groups -OCH3 is 1. The fraction of sp³-hybridized carbons (Fsp3) is 0.190. The Bertz CT molecular complexity index is 1110. The lowest BCUT2D eigenvalue weighted by atomic mass is 10.0. The quantitative estimate of drug-likeness (QED) is 0.658. The Hall–Kier alpha value is -3.62. The summed E-state index contributed by atoms with van der Waals surface area (Å²) in [7, 11) is 1.14. The summed E-state index contributed by atoms with van der Waals surface area (Å²) in [5, 5.41) is 2.64. The first-order valence-corrected chi connectivity index (χ1v) is 8.92. The highest BCUT2D eigenvalue weighted by Gasteiger charge is 2.34. The van der Waals surface area contributed by atoms with Crippen molar-refractivity contribution in [1.82, 2.24) is 15.3 Å². The Morgan fingerprint density at radius 3 is 2.47 bits per heavy atom. The van der Waals surface area contributed by atoms with Gasteiger partial charge in [-0.2, -0.15) is 13.2 Å². The number of H-pyrrole nitrogens is 1. The molecule has 3 rings (SSSR count). The summed E-state index contributed by atoms with van der Waals surface area (Å²) in [5.74, 6) is -0.747. The number of hydrogen-bond acceptors (Lipinski definition) is 4. The van der Waals surface area contributed by atoms with Gasteiger partial charge in [0, 0.05) is 11.6 Å². The molecule has 0 spiro atoms. The molecule has 0 fully saturated rings. The van der Waals surface area contributed by atoms with Gasteiger partial charge in [0.05, 0.1) is 18.7 Å². The fourth-order valence-electron chi connectivity index (χ4n) is 2.87. The monoisotopic (exact) mass is 417 g/mol. The Labute approximate surface area is 169 Å². The third kappa shape index (κ3) is 4.68. The maximum Gasteiger partial charge on any atom is 0.419 e. The van der Waals surface area contributed by atoms with Gasteiger partial charge in [-0.3, -0.25) is 9.59 Å². The summed E-state index contributed by atoms with van der Waals surface area (Å²) in [5.41, 5.74) is -0.483. The average molecular weight is 417 g/mol. The highest BCUT2D eigenvalue weighted by atomic mass is 19.4. The Morgan fingerprint density at radius 1 is 1.13 bits per heavy atom. The molecule has 1 atom stereocenters. The van der Waals surface area contributed by atoms with E-state index in [9.17, 15) is 22.8 Å². The zero-order valence-electron chi connectivity index (χ0n) is 16.1. The molecule has 0 bridgehead atoms. The van der Waals surface area contributed by atoms with Gasteiger partial charge in [-0.15, -0.1) is 0 Å². The molecule has 0 radical (unpaired) electrons. The number of ether oxygens (including phenoxy) is 1. The maximum atomic E-state index is 13.0. The molecule has 0 aliphatic rings. The van der Waals surface area contributed by atoms with Crippen LogP contribution in [0, 0.1) is 0 Å². The van der Waals surface area contributed by atoms with E-state index >= 15 is 0 Å². The number of nitrogens with zero attached hydrogens (tertiary/aromatic N) is 1. The van der Waals surface area contributed by atoms with Gasteiger partial charge in [-0.05, 0) is 24.6 Å². The highest BCUT2D eigenvalue weighted by molar-refractivity contribution is 5.92. The summed E-state index contributed by atoms with van der Waals surface area (Å²) in [6, 6.07) is 12.6. The van der Waals surface area contributed by atoms with E-state index in [-0.39, 0.29) is 17.3 Å². The van der Waals surface area contributed by atoms with Crippen molar-refractivity contribution in [1.29, 1.82) is 0 Å². The number of amides is 1. The molecule has 2 N–H and O–H groups in total. The van der Waals surface area contributed by atoms with Crippen molar-refractivity contribution in [3.8, 4) is 17.1 Å². The van der Waals surface area contributed by atoms with Gasteiger partial charge in [-0.1, -0.05) is 36.4 Å². The van der Waals surface area contributed by atoms with Crippen LogP contribution in [0.1, 0.15) is 34.6 Å². The maximum absolute atomic E-state index is 13.0. The first-order chi connectivity index (χ1) is 14.2. The number of aromatic nitrogens is 2. The molecule has 1 aromatic heterocycles. The Kier molecular flexibility index (Phi) is 5.91. The fourth-order valence-corrected chi connectivity index (χ4v) is 2.87. The van der Waals surface area contributed by atoms with Crippen molar-refractivity contribution >= 4 is 5.91 Å². The number of aromatic amines is 1. The number of nitrogens with one attached hydrogen (secondary N) is 2. The summed E-state index contributed by atoms with van der Waals surface area (Å²) in [6.45, 7) is 1.60. The van der Waals surface area contributed by atoms with Crippen molar-refractivity contribution in [2.75, 3.05) is 7.11 Å². The van der Waals surface area contributed by atoms with E-state index in [0.29, 0.717) is 11.1 Å². The molecule has 0 aliphatic heterocycles. The molecule has 0 saturated carbocycles. The van der Waals surface area contributed by atoms with Gasteiger partial charge in [0.15, 0.2) is 0 Å². The summed E-state index contributed by atoms with van der Waals surface area (Å²) < 4.78 is 43.9. The van der Waals surface area contributed by atoms with Gasteiger partial charge >= 0.3 is 6.18 Å². The zero-order chi connectivity index (χ0) is 21.9. The molecule has 156 valence electrons. The van der Waals surface area contributed by atoms with Crippen LogP contribution in [0.15, 0.2) is 59.4 Å². The average Bonchev–Trinajstić information content (AvgIpc) is 2.72. The number of hydrogen-bond donors (Lipinski definition) is 2. The minimum atomic E-state index is -4.56. The summed E-state index contributed by atoms with van der Waals surface area (Å²) in [6.07, 6.45) is -4.56. The van der Waals surface area contributed by atoms with Crippen LogP contribution in [0.5, 0.6) is 5.75 Å². The van der Waals surface area contributed by atoms with Gasteiger partial charge in [0.1, 0.15) is 17.3 Å². The van der Waals surface area contributed by atoms with Crippen LogP contribution < -0.4 is 15.6 Å². The molecule has 1 heterocycles. The summed E-state index contributed by atoms with van der Waals surface area (Å²) in [4.78, 5) is 31.3. The first-order valence-electron chi connectivity index (χ1n) is 8.92. The van der Waals surface area contributed by atoms with E-state index in [1.807, 2.05) is 0 Å². The molecule has 9 heteroatoms. The van der Waals surface area contributed by atoms with Crippen LogP contribution in [0.25, 0.3) is 11.4 Å². The second kappa shape index (κ2) is 8.40. The molecule has 6 nitrogen and oxygen atoms in total. The standard InChI is InChI=1S/C21H18F3N3O3/c1-12(14-8-9-15(21(22,23)24)17(10-14)30-2)25-20(29)16-11-18(28)27-19(26-16)13-6-4-3-5-7-13/h3-12H,1-2H3,(H,25,29)(H,26,27,28). The molecule has 1 unspecified atom stereocenters. The SMILES string of the molecule is COc1cc(C(C)NC(=O)c2cc(=O)[nH]c(-c3ccccc3)n2)ccc1C(F)(F)F. The minimum absolute atomic E-state index is 0.108. The van der Waals surface area contributed by atoms with Gasteiger partial charge in [0.2, 0.25) is 0 Å². The molecule has 30 heavy (non-hydrogen) atoms. The normalized spacial score (nSPS) is 12.3. The predicted molar refractivity (Wildman–Crippen MR) is 104 cm³/mol. The molecule has 2 aromatic carbocycles. The second-order valence-electron chi connectivity index (χ2n) is 6.50. The van der Waals surface area contributed by atoms with Crippen LogP contribution in [0.2, 0.25) is 0 Å². The molecular weight excluding hydrogens is 399 g/mol. The van der Waals surface area contributed by atoms with Gasteiger partial charge in [-0.25, -0.2) is 4.98 Å². The van der Waals surface area contributed by atoms with Crippen molar-refractivity contribution < 1.29 is 22.7 Å². The second-order valence-corrected chi connectivity index (χ2v) is 6.50. The Morgan fingerprint density at radius 2 is 1.83 bits per heavy atom. The number of halogens is 3. The molecular formula is C21H18F3N3O3. The number of benzene rings is 2. The van der Waals surface area contributed by atoms with Crippen LogP contribution in [0.3, 0.4) is 0 Å². The molecule has 0 saturated heterocycles. The van der Waals surface area contributed by atoms with E-state index < -0.39 is 29.2 Å². The van der Waals surface area contributed by atoms with E-state index in [0.717, 1.165) is 19.2 Å². The van der Waals surface area contributed by atoms with E-state index in [1.165, 1.54) is 12.1 Å². The van der Waals surface area contributed by atoms with Crippen molar-refractivity contribution in [3.63, 3.8) is 0 Å². The van der Waals surface area contributed by atoms with Crippen molar-refractivity contribution in [3.05, 3.63) is 81.8 Å². The number of alkyl halides is 3. The van der Waals surface area contributed by atoms with Gasteiger partial charge in [0.25, 0.3) is 11.5 Å². The first kappa shape index (κ1) is 21.1. The lowest BCUT2D eigenvalue weighted by Gasteiger charge is -2.18. The number of carbonyl (C=O) groups is 1. The lowest BCUT2D eigenvalue weighted by Crippen LogP contribution is -2.29. The molecule has 1 amide bonds. The van der Waals surface area contributed by atoms with E-state index in [2.05, 4.69) is 15.3 Å². The zero-order valence-corrected chi connectivity index (χ0v) is 16.1. The number of rotatable bonds is 5. The van der Waals surface area contributed by atoms with Gasteiger partial charge < -0.3 is 15.0 Å². The van der Waals surface area contributed by atoms with Crippen molar-refractivity contribution in [2.45, 2.75) is 19.1 Å². The van der Waals surface area contributed by atoms with E-state index in [1.54, 1.807) is 37.3 Å². The third-order valence-corrected chi connectivity index (χ3v) is 4.40. The number of carbonyl (C=O) groups excluding carboxylic acids is 1. The Balaban J connectivity index is 1.84. The topological polar surface area (TPSA) is 84.1 Å². The van der Waals surface area contributed by atoms with Crippen LogP contribution >= 0.6 is 0 Å². The minimum Gasteiger partial charge on any atom is -0.496 e. The largest absolute Gasteiger partial charge is 0.496 e. The highest BCUT2D eigenvalue weighted by Crippen LogP contribution is 2.37. The van der Waals surface area contributed by atoms with Crippen LogP contribution in [0.4, 0.5) is 13.2 Å². The predicted octanol–water partition coefficient (Wildman–Crippen LogP) is 3.96. The molecule has 3 aromatic rings. The van der Waals surface area contributed by atoms with E-state index in [4.69, 9.17) is 4.74 Å². The third-order valence-electron chi connectivity index (χ3n) is 4.40. The van der Waals surface area contributed by atoms with Crippen molar-refractivity contribution in [2.24, 2.45) is 0 Å². The summed E-state index contributed by atoms with van der Waals surface area (Å²) >= 11 is 0. The molecule has 0 aliphatic carbocycles. The van der Waals surface area contributed by atoms with Crippen LogP contribution in [-0.4, -0.2) is 23.0 Å². The smallest absolute Gasteiger partial charge is 0.419 e. The van der Waals surface area contributed by atoms with Crippen LogP contribution in [-0.2, 0) is 6.18 Å².